The molecule has 5 rings (SSSR count). The Morgan fingerprint density at radius 1 is 0.860 bits per heavy atom. The molecule has 1 aliphatic carbocycles. The Balaban J connectivity index is 1.27. The first-order valence-corrected chi connectivity index (χ1v) is 14.5. The number of rotatable bonds is 13. The maximum atomic E-state index is 15.2. The second-order valence-electron chi connectivity index (χ2n) is 10.2. The standard InChI is InChI=1S/C32H31F2N3O5S/c1-40-28-18-23-25(19-29(28)41-15-3-2-4-16-43)35-14-11-26(23)42-27-10-9-22(17-24(27)34)37-31(39)32(12-13-32)30(38)36-21-7-5-20(33)6-8-21/h5-11,14,17-19,43H,2-4,12-13,15-16H2,1H3,(H,36,38)(H,37,39). The van der Waals surface area contributed by atoms with Crippen LogP contribution in [0.25, 0.3) is 10.9 Å². The predicted molar refractivity (Wildman–Crippen MR) is 163 cm³/mol. The van der Waals surface area contributed by atoms with Crippen LogP contribution in [0, 0.1) is 17.0 Å². The summed E-state index contributed by atoms with van der Waals surface area (Å²) in [6.45, 7) is 0.528. The number of benzene rings is 3. The van der Waals surface area contributed by atoms with E-state index in [-0.39, 0.29) is 11.4 Å². The van der Waals surface area contributed by atoms with Crippen molar-refractivity contribution >= 4 is 46.7 Å². The van der Waals surface area contributed by atoms with Gasteiger partial charge in [-0.1, -0.05) is 0 Å². The fraction of sp³-hybridized carbons (Fsp3) is 0.281. The molecule has 0 radical (unpaired) electrons. The number of carbonyl (C=O) groups is 2. The fourth-order valence-corrected chi connectivity index (χ4v) is 4.78. The van der Waals surface area contributed by atoms with E-state index in [4.69, 9.17) is 14.2 Å². The number of unbranched alkanes of at least 4 members (excludes halogenated alkanes) is 2. The molecule has 8 nitrogen and oxygen atoms in total. The van der Waals surface area contributed by atoms with Crippen molar-refractivity contribution in [3.63, 3.8) is 0 Å². The molecule has 1 aromatic heterocycles. The summed E-state index contributed by atoms with van der Waals surface area (Å²) in [6.07, 6.45) is 5.16. The molecule has 0 atom stereocenters. The molecule has 0 aliphatic heterocycles. The summed E-state index contributed by atoms with van der Waals surface area (Å²) in [5.74, 6) is -0.0233. The van der Waals surface area contributed by atoms with E-state index < -0.39 is 28.9 Å². The first kappa shape index (κ1) is 30.1. The molecule has 3 aromatic carbocycles. The molecule has 0 bridgehead atoms. The van der Waals surface area contributed by atoms with Crippen molar-refractivity contribution in [2.75, 3.05) is 30.1 Å². The molecule has 1 fully saturated rings. The van der Waals surface area contributed by atoms with E-state index in [1.165, 1.54) is 43.5 Å². The molecule has 2 N–H and O–H groups in total. The van der Waals surface area contributed by atoms with Gasteiger partial charge >= 0.3 is 0 Å². The average molecular weight is 608 g/mol. The minimum atomic E-state index is -1.27. The number of amides is 2. The Morgan fingerprint density at radius 3 is 2.26 bits per heavy atom. The van der Waals surface area contributed by atoms with E-state index in [1.54, 1.807) is 24.4 Å². The molecule has 11 heteroatoms. The van der Waals surface area contributed by atoms with Crippen molar-refractivity contribution < 1.29 is 32.6 Å². The lowest BCUT2D eigenvalue weighted by atomic mass is 10.0. The molecule has 43 heavy (non-hydrogen) atoms. The molecule has 2 amide bonds. The Bertz CT molecular complexity index is 1630. The van der Waals surface area contributed by atoms with Crippen LogP contribution in [-0.2, 0) is 9.59 Å². The predicted octanol–water partition coefficient (Wildman–Crippen LogP) is 7.15. The zero-order valence-electron chi connectivity index (χ0n) is 23.5. The molecule has 4 aromatic rings. The zero-order chi connectivity index (χ0) is 30.4. The minimum Gasteiger partial charge on any atom is -0.493 e. The van der Waals surface area contributed by atoms with Crippen molar-refractivity contribution in [2.45, 2.75) is 32.1 Å². The first-order chi connectivity index (χ1) is 20.8. The number of methoxy groups -OCH3 is 1. The summed E-state index contributed by atoms with van der Waals surface area (Å²) < 4.78 is 45.7. The van der Waals surface area contributed by atoms with Gasteiger partial charge in [-0.15, -0.1) is 0 Å². The van der Waals surface area contributed by atoms with Crippen LogP contribution < -0.4 is 24.8 Å². The molecule has 0 unspecified atom stereocenters. The molecular weight excluding hydrogens is 576 g/mol. The lowest BCUT2D eigenvalue weighted by Crippen LogP contribution is -2.35. The largest absolute Gasteiger partial charge is 0.493 e. The fourth-order valence-electron chi connectivity index (χ4n) is 4.56. The third kappa shape index (κ3) is 6.99. The summed E-state index contributed by atoms with van der Waals surface area (Å²) in [5, 5.41) is 5.87. The average Bonchev–Trinajstić information content (AvgIpc) is 3.82. The van der Waals surface area contributed by atoms with Gasteiger partial charge in [-0.05, 0) is 86.4 Å². The van der Waals surface area contributed by atoms with Gasteiger partial charge < -0.3 is 24.8 Å². The highest BCUT2D eigenvalue weighted by Gasteiger charge is 2.56. The number of carbonyl (C=O) groups excluding carboxylic acids is 2. The number of pyridine rings is 1. The van der Waals surface area contributed by atoms with Crippen molar-refractivity contribution in [1.82, 2.24) is 4.98 Å². The van der Waals surface area contributed by atoms with Crippen LogP contribution >= 0.6 is 12.6 Å². The minimum absolute atomic E-state index is 0.0656. The third-order valence-corrected chi connectivity index (χ3v) is 7.49. The van der Waals surface area contributed by atoms with Crippen LogP contribution in [0.2, 0.25) is 0 Å². The van der Waals surface area contributed by atoms with Gasteiger partial charge in [0.05, 0.1) is 19.2 Å². The van der Waals surface area contributed by atoms with Crippen LogP contribution in [0.5, 0.6) is 23.0 Å². The Hall–Kier alpha value is -4.38. The number of anilines is 2. The quantitative estimate of drug-likeness (QED) is 0.0848. The Labute approximate surface area is 253 Å². The van der Waals surface area contributed by atoms with E-state index in [2.05, 4.69) is 28.2 Å². The summed E-state index contributed by atoms with van der Waals surface area (Å²) in [5.41, 5.74) is -0.137. The van der Waals surface area contributed by atoms with Crippen LogP contribution in [0.4, 0.5) is 20.2 Å². The van der Waals surface area contributed by atoms with Gasteiger partial charge in [-0.2, -0.15) is 12.6 Å². The number of nitrogens with zero attached hydrogens (tertiary/aromatic N) is 1. The summed E-state index contributed by atoms with van der Waals surface area (Å²) in [6, 6.07) is 14.4. The summed E-state index contributed by atoms with van der Waals surface area (Å²) in [4.78, 5) is 30.2. The highest BCUT2D eigenvalue weighted by molar-refractivity contribution is 7.80. The van der Waals surface area contributed by atoms with Gasteiger partial charge in [0.1, 0.15) is 17.0 Å². The molecular formula is C32H31F2N3O5S. The van der Waals surface area contributed by atoms with Gasteiger partial charge in [0.15, 0.2) is 23.1 Å². The Kier molecular flexibility index (Phi) is 9.30. The van der Waals surface area contributed by atoms with Crippen LogP contribution in [-0.4, -0.2) is 36.3 Å². The number of aromatic nitrogens is 1. The molecule has 1 saturated carbocycles. The van der Waals surface area contributed by atoms with E-state index in [0.29, 0.717) is 53.3 Å². The smallest absolute Gasteiger partial charge is 0.240 e. The number of hydrogen-bond acceptors (Lipinski definition) is 7. The normalized spacial score (nSPS) is 13.3. The molecule has 1 aliphatic rings. The van der Waals surface area contributed by atoms with Crippen molar-refractivity contribution in [3.8, 4) is 23.0 Å². The zero-order valence-corrected chi connectivity index (χ0v) is 24.4. The number of nitrogens with one attached hydrogen (secondary N) is 2. The first-order valence-electron chi connectivity index (χ1n) is 13.9. The SMILES string of the molecule is COc1cc2c(Oc3ccc(NC(=O)C4(C(=O)Nc5ccc(F)cc5)CC4)cc3F)ccnc2cc1OCCCCCS. The lowest BCUT2D eigenvalue weighted by Gasteiger charge is -2.16. The van der Waals surface area contributed by atoms with E-state index in [9.17, 15) is 14.0 Å². The van der Waals surface area contributed by atoms with Gasteiger partial charge in [-0.3, -0.25) is 14.6 Å². The highest BCUT2D eigenvalue weighted by atomic mass is 32.1. The van der Waals surface area contributed by atoms with Crippen molar-refractivity contribution in [1.29, 1.82) is 0 Å². The van der Waals surface area contributed by atoms with E-state index in [0.717, 1.165) is 31.1 Å². The lowest BCUT2D eigenvalue weighted by molar-refractivity contribution is -0.131. The molecule has 0 saturated heterocycles. The van der Waals surface area contributed by atoms with Crippen molar-refractivity contribution in [2.24, 2.45) is 5.41 Å². The summed E-state index contributed by atoms with van der Waals surface area (Å²) >= 11 is 4.23. The number of hydrogen-bond donors (Lipinski definition) is 3. The second kappa shape index (κ2) is 13.3. The van der Waals surface area contributed by atoms with Gasteiger partial charge in [-0.25, -0.2) is 8.78 Å². The Morgan fingerprint density at radius 2 is 1.58 bits per heavy atom. The third-order valence-electron chi connectivity index (χ3n) is 7.18. The monoisotopic (exact) mass is 607 g/mol. The van der Waals surface area contributed by atoms with Crippen LogP contribution in [0.3, 0.4) is 0 Å². The maximum Gasteiger partial charge on any atom is 0.240 e. The van der Waals surface area contributed by atoms with Gasteiger partial charge in [0, 0.05) is 35.1 Å². The van der Waals surface area contributed by atoms with Crippen LogP contribution in [0.1, 0.15) is 32.1 Å². The topological polar surface area (TPSA) is 98.8 Å². The second-order valence-corrected chi connectivity index (χ2v) is 10.7. The molecule has 0 spiro atoms. The van der Waals surface area contributed by atoms with Crippen molar-refractivity contribution in [3.05, 3.63) is 78.5 Å². The summed E-state index contributed by atoms with van der Waals surface area (Å²) in [7, 11) is 1.54. The van der Waals surface area contributed by atoms with E-state index >= 15 is 4.39 Å². The number of thiol groups is 1. The van der Waals surface area contributed by atoms with Gasteiger partial charge in [0.2, 0.25) is 11.8 Å². The van der Waals surface area contributed by atoms with E-state index in [1.807, 2.05) is 0 Å². The number of fused-ring (bicyclic) bond motifs is 1. The van der Waals surface area contributed by atoms with Gasteiger partial charge in [0.25, 0.3) is 0 Å². The molecule has 1 heterocycles. The highest BCUT2D eigenvalue weighted by Crippen LogP contribution is 2.47. The van der Waals surface area contributed by atoms with Crippen LogP contribution in [0.15, 0.2) is 66.9 Å². The number of halogens is 2. The maximum absolute atomic E-state index is 15.2. The molecule has 224 valence electrons. The number of ether oxygens (including phenoxy) is 3.